The first-order valence-corrected chi connectivity index (χ1v) is 10.8. The molecule has 0 spiro atoms. The molecule has 2 aliphatic rings. The number of aryl methyl sites for hydroxylation is 1. The van der Waals surface area contributed by atoms with Crippen LogP contribution in [0.1, 0.15) is 44.2 Å². The molecule has 4 rings (SSSR count). The fourth-order valence-corrected chi connectivity index (χ4v) is 4.58. The van der Waals surface area contributed by atoms with Crippen LogP contribution in [0.3, 0.4) is 0 Å². The third kappa shape index (κ3) is 4.43. The lowest BCUT2D eigenvalue weighted by Gasteiger charge is -2.25. The molecule has 3 unspecified atom stereocenters. The molecule has 3 heterocycles. The van der Waals surface area contributed by atoms with Crippen LogP contribution in [0.25, 0.3) is 0 Å². The molecule has 1 amide bonds. The van der Waals surface area contributed by atoms with Gasteiger partial charge in [0.2, 0.25) is 5.88 Å². The van der Waals surface area contributed by atoms with Crippen LogP contribution in [-0.2, 0) is 4.74 Å². The first-order chi connectivity index (χ1) is 14.8. The van der Waals surface area contributed by atoms with E-state index in [1.54, 1.807) is 6.07 Å². The fourth-order valence-electron chi connectivity index (χ4n) is 4.58. The van der Waals surface area contributed by atoms with Gasteiger partial charge < -0.3 is 19.7 Å². The van der Waals surface area contributed by atoms with Gasteiger partial charge in [-0.05, 0) is 64.7 Å². The largest absolute Gasteiger partial charge is 0.477 e. The molecule has 2 bridgehead atoms. The molecule has 2 saturated heterocycles. The SMILES string of the molecule is Cc1ccc(Nc2ncnc(OCC3CC4CCC3N4C(=O)OC(C)C)c2C)c(F)c1. The van der Waals surface area contributed by atoms with E-state index in [1.807, 2.05) is 38.7 Å². The predicted molar refractivity (Wildman–Crippen MR) is 115 cm³/mol. The van der Waals surface area contributed by atoms with Crippen molar-refractivity contribution in [3.63, 3.8) is 0 Å². The first kappa shape index (κ1) is 21.3. The molecule has 7 nitrogen and oxygen atoms in total. The summed E-state index contributed by atoms with van der Waals surface area (Å²) in [7, 11) is 0. The Hall–Kier alpha value is -2.90. The second-order valence-electron chi connectivity index (χ2n) is 8.71. The Kier molecular flexibility index (Phi) is 5.98. The number of hydrogen-bond donors (Lipinski definition) is 1. The van der Waals surface area contributed by atoms with Crippen LogP contribution in [0.5, 0.6) is 5.88 Å². The minimum atomic E-state index is -0.337. The van der Waals surface area contributed by atoms with Crippen LogP contribution >= 0.6 is 0 Å². The maximum atomic E-state index is 14.2. The summed E-state index contributed by atoms with van der Waals surface area (Å²) in [4.78, 5) is 22.9. The number of halogens is 1. The van der Waals surface area contributed by atoms with Crippen molar-refractivity contribution in [2.24, 2.45) is 5.92 Å². The normalized spacial score (nSPS) is 22.1. The summed E-state index contributed by atoms with van der Waals surface area (Å²) >= 11 is 0. The summed E-state index contributed by atoms with van der Waals surface area (Å²) in [6, 6.07) is 5.36. The molecule has 0 radical (unpaired) electrons. The number of carbonyl (C=O) groups is 1. The van der Waals surface area contributed by atoms with Crippen molar-refractivity contribution in [2.45, 2.75) is 65.1 Å². The first-order valence-electron chi connectivity index (χ1n) is 10.8. The van der Waals surface area contributed by atoms with E-state index in [0.717, 1.165) is 24.8 Å². The third-order valence-electron chi connectivity index (χ3n) is 6.06. The molecular formula is C23H29FN4O3. The summed E-state index contributed by atoms with van der Waals surface area (Å²) in [6.45, 7) is 7.87. The van der Waals surface area contributed by atoms with Crippen LogP contribution in [0.15, 0.2) is 24.5 Å². The quantitative estimate of drug-likeness (QED) is 0.715. The van der Waals surface area contributed by atoms with Crippen LogP contribution in [-0.4, -0.2) is 45.8 Å². The van der Waals surface area contributed by atoms with E-state index in [1.165, 1.54) is 12.4 Å². The van der Waals surface area contributed by atoms with Crippen molar-refractivity contribution in [3.05, 3.63) is 41.5 Å². The van der Waals surface area contributed by atoms with Gasteiger partial charge in [-0.25, -0.2) is 19.2 Å². The van der Waals surface area contributed by atoms with Crippen molar-refractivity contribution >= 4 is 17.6 Å². The molecular weight excluding hydrogens is 399 g/mol. The molecule has 1 N–H and O–H groups in total. The highest BCUT2D eigenvalue weighted by atomic mass is 19.1. The lowest BCUT2D eigenvalue weighted by molar-refractivity contribution is 0.0686. The second kappa shape index (κ2) is 8.69. The number of ether oxygens (including phenoxy) is 2. The maximum Gasteiger partial charge on any atom is 0.410 e. The van der Waals surface area contributed by atoms with Gasteiger partial charge in [-0.2, -0.15) is 0 Å². The molecule has 0 aliphatic carbocycles. The lowest BCUT2D eigenvalue weighted by atomic mass is 9.90. The van der Waals surface area contributed by atoms with E-state index in [4.69, 9.17) is 9.47 Å². The van der Waals surface area contributed by atoms with Crippen molar-refractivity contribution in [2.75, 3.05) is 11.9 Å². The van der Waals surface area contributed by atoms with Crippen molar-refractivity contribution in [3.8, 4) is 5.88 Å². The molecule has 2 aromatic rings. The number of benzene rings is 1. The number of fused-ring (bicyclic) bond motifs is 2. The zero-order chi connectivity index (χ0) is 22.1. The van der Waals surface area contributed by atoms with Crippen LogP contribution in [0.2, 0.25) is 0 Å². The van der Waals surface area contributed by atoms with Crippen LogP contribution < -0.4 is 10.1 Å². The van der Waals surface area contributed by atoms with Gasteiger partial charge in [0.15, 0.2) is 0 Å². The number of hydrogen-bond acceptors (Lipinski definition) is 6. The second-order valence-corrected chi connectivity index (χ2v) is 8.71. The van der Waals surface area contributed by atoms with E-state index in [2.05, 4.69) is 15.3 Å². The molecule has 1 aromatic heterocycles. The number of amides is 1. The van der Waals surface area contributed by atoms with E-state index < -0.39 is 0 Å². The fraction of sp³-hybridized carbons (Fsp3) is 0.522. The van der Waals surface area contributed by atoms with E-state index in [0.29, 0.717) is 29.6 Å². The van der Waals surface area contributed by atoms with E-state index >= 15 is 0 Å². The van der Waals surface area contributed by atoms with Gasteiger partial charge in [0.25, 0.3) is 0 Å². The molecule has 8 heteroatoms. The number of rotatable bonds is 6. The maximum absolute atomic E-state index is 14.2. The topological polar surface area (TPSA) is 76.6 Å². The molecule has 3 atom stereocenters. The summed E-state index contributed by atoms with van der Waals surface area (Å²) in [5.41, 5.74) is 1.91. The molecule has 31 heavy (non-hydrogen) atoms. The minimum absolute atomic E-state index is 0.129. The monoisotopic (exact) mass is 428 g/mol. The summed E-state index contributed by atoms with van der Waals surface area (Å²) < 4.78 is 25.7. The highest BCUT2D eigenvalue weighted by molar-refractivity contribution is 5.69. The van der Waals surface area contributed by atoms with Crippen molar-refractivity contribution in [1.29, 1.82) is 0 Å². The zero-order valence-corrected chi connectivity index (χ0v) is 18.4. The summed E-state index contributed by atoms with van der Waals surface area (Å²) in [5, 5.41) is 3.03. The van der Waals surface area contributed by atoms with Crippen LogP contribution in [0.4, 0.5) is 20.7 Å². The van der Waals surface area contributed by atoms with Gasteiger partial charge >= 0.3 is 6.09 Å². The standard InChI is InChI=1S/C23H29FN4O3/c1-13(2)31-23(29)28-17-6-8-20(28)16(10-17)11-30-22-15(4)21(25-12-26-22)27-19-7-5-14(3)9-18(19)24/h5,7,9,12-13,16-17,20H,6,8,10-11H2,1-4H3,(H,25,26,27). The molecule has 166 valence electrons. The highest BCUT2D eigenvalue weighted by Crippen LogP contribution is 2.42. The zero-order valence-electron chi connectivity index (χ0n) is 18.4. The average molecular weight is 429 g/mol. The summed E-state index contributed by atoms with van der Waals surface area (Å²) in [5.74, 6) is 0.863. The molecule has 2 fully saturated rings. The van der Waals surface area contributed by atoms with Gasteiger partial charge in [-0.1, -0.05) is 6.07 Å². The number of nitrogens with one attached hydrogen (secondary N) is 1. The van der Waals surface area contributed by atoms with Gasteiger partial charge in [0, 0.05) is 18.0 Å². The molecule has 0 saturated carbocycles. The minimum Gasteiger partial charge on any atom is -0.477 e. The summed E-state index contributed by atoms with van der Waals surface area (Å²) in [6.07, 6.45) is 3.93. The Labute approximate surface area is 182 Å². The number of anilines is 2. The highest BCUT2D eigenvalue weighted by Gasteiger charge is 2.49. The Bertz CT molecular complexity index is 968. The average Bonchev–Trinajstić information content (AvgIpc) is 3.28. The van der Waals surface area contributed by atoms with Gasteiger partial charge in [0.1, 0.15) is 18.0 Å². The van der Waals surface area contributed by atoms with E-state index in [9.17, 15) is 9.18 Å². The third-order valence-corrected chi connectivity index (χ3v) is 6.06. The van der Waals surface area contributed by atoms with E-state index in [-0.39, 0.29) is 36.0 Å². The Morgan fingerprint density at radius 2 is 2.10 bits per heavy atom. The Balaban J connectivity index is 1.42. The Morgan fingerprint density at radius 1 is 1.29 bits per heavy atom. The van der Waals surface area contributed by atoms with Gasteiger partial charge in [-0.3, -0.25) is 0 Å². The van der Waals surface area contributed by atoms with Crippen molar-refractivity contribution in [1.82, 2.24) is 14.9 Å². The number of carbonyl (C=O) groups excluding carboxylic acids is 1. The van der Waals surface area contributed by atoms with Gasteiger partial charge in [0.05, 0.1) is 24.0 Å². The van der Waals surface area contributed by atoms with Gasteiger partial charge in [-0.15, -0.1) is 0 Å². The number of nitrogens with zero attached hydrogens (tertiary/aromatic N) is 3. The lowest BCUT2D eigenvalue weighted by Crippen LogP contribution is -2.38. The molecule has 2 aliphatic heterocycles. The van der Waals surface area contributed by atoms with Crippen LogP contribution in [0, 0.1) is 25.6 Å². The smallest absolute Gasteiger partial charge is 0.410 e. The predicted octanol–water partition coefficient (Wildman–Crippen LogP) is 4.75. The number of aromatic nitrogens is 2. The van der Waals surface area contributed by atoms with Crippen molar-refractivity contribution < 1.29 is 18.7 Å². The Morgan fingerprint density at radius 3 is 2.84 bits per heavy atom. The molecule has 1 aromatic carbocycles.